The van der Waals surface area contributed by atoms with Crippen molar-refractivity contribution in [3.05, 3.63) is 0 Å². The Bertz CT molecular complexity index is 476. The summed E-state index contributed by atoms with van der Waals surface area (Å²) >= 11 is 0. The number of nitrogens with zero attached hydrogens (tertiary/aromatic N) is 2. The van der Waals surface area contributed by atoms with Crippen molar-refractivity contribution in [3.63, 3.8) is 0 Å². The Morgan fingerprint density at radius 1 is 1.24 bits per heavy atom. The molecule has 0 bridgehead atoms. The number of ketones is 1. The lowest BCUT2D eigenvalue weighted by molar-refractivity contribution is -0.116. The predicted molar refractivity (Wildman–Crippen MR) is 81.0 cm³/mol. The maximum absolute atomic E-state index is 12.2. The molecule has 1 heterocycles. The fourth-order valence-electron chi connectivity index (χ4n) is 2.23. The quantitative estimate of drug-likeness (QED) is 0.698. The lowest BCUT2D eigenvalue weighted by Crippen LogP contribution is -2.49. The minimum Gasteiger partial charge on any atom is -0.338 e. The third-order valence-corrected chi connectivity index (χ3v) is 5.20. The van der Waals surface area contributed by atoms with E-state index >= 15 is 0 Å². The van der Waals surface area contributed by atoms with E-state index in [4.69, 9.17) is 0 Å². The van der Waals surface area contributed by atoms with Gasteiger partial charge in [0.1, 0.15) is 5.78 Å². The average Bonchev–Trinajstić information content (AvgIpc) is 2.69. The summed E-state index contributed by atoms with van der Waals surface area (Å²) in [5, 5.41) is 2.69. The van der Waals surface area contributed by atoms with E-state index in [-0.39, 0.29) is 42.3 Å². The molecule has 0 saturated carbocycles. The lowest BCUT2D eigenvalue weighted by atomic mass is 10.2. The molecule has 122 valence electrons. The molecule has 1 N–H and O–H groups in total. The summed E-state index contributed by atoms with van der Waals surface area (Å²) in [5.74, 6) is 0.177. The second-order valence-corrected chi connectivity index (χ2v) is 7.97. The zero-order valence-corrected chi connectivity index (χ0v) is 13.8. The van der Waals surface area contributed by atoms with Crippen LogP contribution in [0.15, 0.2) is 0 Å². The number of hydrogen-bond acceptors (Lipinski definition) is 5. The molecule has 1 fully saturated rings. The van der Waals surface area contributed by atoms with Crippen LogP contribution in [-0.4, -0.2) is 81.3 Å². The van der Waals surface area contributed by atoms with Gasteiger partial charge in [-0.3, -0.25) is 4.79 Å². The number of amides is 2. The number of nitrogens with one attached hydrogen (secondary N) is 1. The lowest BCUT2D eigenvalue weighted by Gasteiger charge is -2.29. The van der Waals surface area contributed by atoms with Crippen molar-refractivity contribution in [1.82, 2.24) is 15.1 Å². The molecule has 0 radical (unpaired) electrons. The van der Waals surface area contributed by atoms with Crippen molar-refractivity contribution in [1.29, 1.82) is 0 Å². The van der Waals surface area contributed by atoms with Gasteiger partial charge in [0.05, 0.1) is 11.5 Å². The van der Waals surface area contributed by atoms with Crippen LogP contribution in [0.4, 0.5) is 4.79 Å². The first kappa shape index (κ1) is 17.9. The zero-order valence-electron chi connectivity index (χ0n) is 13.0. The van der Waals surface area contributed by atoms with Crippen LogP contribution in [0.25, 0.3) is 0 Å². The van der Waals surface area contributed by atoms with Crippen molar-refractivity contribution in [3.8, 4) is 0 Å². The normalized spacial score (nSPS) is 20.5. The molecule has 1 rings (SSSR count). The first-order valence-electron chi connectivity index (χ1n) is 7.10. The van der Waals surface area contributed by atoms with E-state index in [1.807, 2.05) is 19.0 Å². The van der Waals surface area contributed by atoms with Crippen molar-refractivity contribution < 1.29 is 18.0 Å². The Morgan fingerprint density at radius 2 is 1.90 bits per heavy atom. The Balaban J connectivity index is 2.63. The molecule has 2 amide bonds. The van der Waals surface area contributed by atoms with E-state index < -0.39 is 9.84 Å². The molecule has 1 aliphatic rings. The van der Waals surface area contributed by atoms with Crippen LogP contribution < -0.4 is 5.32 Å². The Morgan fingerprint density at radius 3 is 2.38 bits per heavy atom. The number of hydrogen-bond donors (Lipinski definition) is 1. The van der Waals surface area contributed by atoms with Gasteiger partial charge in [0.25, 0.3) is 0 Å². The van der Waals surface area contributed by atoms with Crippen molar-refractivity contribution in [2.75, 3.05) is 45.2 Å². The third-order valence-electron chi connectivity index (χ3n) is 3.45. The summed E-state index contributed by atoms with van der Waals surface area (Å²) in [6.45, 7) is 2.89. The van der Waals surface area contributed by atoms with Crippen LogP contribution in [-0.2, 0) is 14.6 Å². The molecule has 1 aliphatic heterocycles. The number of sulfone groups is 1. The highest BCUT2D eigenvalue weighted by Crippen LogP contribution is 2.17. The molecule has 0 aliphatic carbocycles. The molecule has 8 heteroatoms. The minimum atomic E-state index is -3.04. The smallest absolute Gasteiger partial charge is 0.317 e. The summed E-state index contributed by atoms with van der Waals surface area (Å²) in [7, 11) is 0.764. The highest BCUT2D eigenvalue weighted by Gasteiger charge is 2.34. The van der Waals surface area contributed by atoms with Crippen molar-refractivity contribution in [2.45, 2.75) is 25.8 Å². The Kier molecular flexibility index (Phi) is 6.60. The summed E-state index contributed by atoms with van der Waals surface area (Å²) in [4.78, 5) is 26.7. The van der Waals surface area contributed by atoms with Crippen LogP contribution >= 0.6 is 0 Å². The molecular formula is C13H25N3O4S. The van der Waals surface area contributed by atoms with Gasteiger partial charge >= 0.3 is 6.03 Å². The van der Waals surface area contributed by atoms with Crippen molar-refractivity contribution >= 4 is 21.7 Å². The molecule has 1 atom stereocenters. The minimum absolute atomic E-state index is 0.0126. The molecule has 0 aromatic carbocycles. The fourth-order valence-corrected chi connectivity index (χ4v) is 3.96. The number of rotatable bonds is 7. The fraction of sp³-hybridized carbons (Fsp3) is 0.846. The van der Waals surface area contributed by atoms with Gasteiger partial charge in [0, 0.05) is 32.1 Å². The van der Waals surface area contributed by atoms with Crippen LogP contribution in [0.1, 0.15) is 19.8 Å². The van der Waals surface area contributed by atoms with E-state index in [0.717, 1.165) is 0 Å². The maximum atomic E-state index is 12.2. The number of Topliss-reactive ketones (excluding diaryl/α,β-unsaturated/α-hetero) is 1. The van der Waals surface area contributed by atoms with E-state index in [2.05, 4.69) is 5.32 Å². The maximum Gasteiger partial charge on any atom is 0.317 e. The molecule has 0 spiro atoms. The first-order valence-corrected chi connectivity index (χ1v) is 8.92. The van der Waals surface area contributed by atoms with E-state index in [9.17, 15) is 18.0 Å². The highest BCUT2D eigenvalue weighted by molar-refractivity contribution is 7.91. The van der Waals surface area contributed by atoms with Gasteiger partial charge in [-0.1, -0.05) is 0 Å². The molecule has 0 aromatic heterocycles. The number of carbonyl (C=O) groups is 2. The van der Waals surface area contributed by atoms with Gasteiger partial charge in [-0.15, -0.1) is 0 Å². The summed E-state index contributed by atoms with van der Waals surface area (Å²) in [6.07, 6.45) is 0.770. The summed E-state index contributed by atoms with van der Waals surface area (Å²) in [5.41, 5.74) is 0. The van der Waals surface area contributed by atoms with Gasteiger partial charge in [-0.05, 0) is 27.4 Å². The summed E-state index contributed by atoms with van der Waals surface area (Å²) in [6, 6.07) is -0.563. The average molecular weight is 319 g/mol. The Hall–Kier alpha value is -1.15. The van der Waals surface area contributed by atoms with E-state index in [1.165, 1.54) is 6.92 Å². The largest absolute Gasteiger partial charge is 0.338 e. The molecule has 1 unspecified atom stereocenters. The second-order valence-electron chi connectivity index (χ2n) is 5.74. The SMILES string of the molecule is CC(=O)CCNC(=O)N(CCN(C)C)C1CCS(=O)(=O)C1. The monoisotopic (exact) mass is 319 g/mol. The summed E-state index contributed by atoms with van der Waals surface area (Å²) < 4.78 is 23.2. The second kappa shape index (κ2) is 7.74. The third kappa shape index (κ3) is 6.43. The zero-order chi connectivity index (χ0) is 16.0. The predicted octanol–water partition coefficient (Wildman–Crippen LogP) is -0.274. The molecule has 7 nitrogen and oxygen atoms in total. The highest BCUT2D eigenvalue weighted by atomic mass is 32.2. The molecular weight excluding hydrogens is 294 g/mol. The number of carbonyl (C=O) groups excluding carboxylic acids is 2. The van der Waals surface area contributed by atoms with Gasteiger partial charge in [-0.25, -0.2) is 13.2 Å². The van der Waals surface area contributed by atoms with Gasteiger partial charge in [0.2, 0.25) is 0 Å². The Labute approximate surface area is 126 Å². The van der Waals surface area contributed by atoms with Gasteiger partial charge < -0.3 is 15.1 Å². The van der Waals surface area contributed by atoms with Crippen molar-refractivity contribution in [2.24, 2.45) is 0 Å². The van der Waals surface area contributed by atoms with Gasteiger partial charge in [0.15, 0.2) is 9.84 Å². The topological polar surface area (TPSA) is 86.8 Å². The van der Waals surface area contributed by atoms with Crippen LogP contribution in [0, 0.1) is 0 Å². The standard InChI is InChI=1S/C13H25N3O4S/c1-11(17)4-6-14-13(18)16(8-7-15(2)3)12-5-9-21(19,20)10-12/h12H,4-10H2,1-3H3,(H,14,18). The van der Waals surface area contributed by atoms with Crippen LogP contribution in [0.5, 0.6) is 0 Å². The molecule has 0 aromatic rings. The van der Waals surface area contributed by atoms with Gasteiger partial charge in [-0.2, -0.15) is 0 Å². The van der Waals surface area contributed by atoms with E-state index in [1.54, 1.807) is 4.90 Å². The van der Waals surface area contributed by atoms with E-state index in [0.29, 0.717) is 19.5 Å². The molecule has 1 saturated heterocycles. The number of urea groups is 1. The number of likely N-dealkylation sites (N-methyl/N-ethyl adjacent to an activating group) is 1. The molecule has 21 heavy (non-hydrogen) atoms. The van der Waals surface area contributed by atoms with Crippen LogP contribution in [0.2, 0.25) is 0 Å². The first-order chi connectivity index (χ1) is 9.71. The van der Waals surface area contributed by atoms with Crippen LogP contribution in [0.3, 0.4) is 0 Å².